The van der Waals surface area contributed by atoms with Gasteiger partial charge < -0.3 is 15.3 Å². The van der Waals surface area contributed by atoms with Crippen molar-refractivity contribution >= 4 is 11.5 Å². The van der Waals surface area contributed by atoms with Crippen molar-refractivity contribution in [1.82, 2.24) is 10.2 Å². The van der Waals surface area contributed by atoms with Crippen LogP contribution >= 0.6 is 0 Å². The third kappa shape index (κ3) is 6.56. The van der Waals surface area contributed by atoms with Crippen LogP contribution in [0.3, 0.4) is 0 Å². The molecular weight excluding hydrogens is 576 g/mol. The first-order valence-electron chi connectivity index (χ1n) is 19.5. The summed E-state index contributed by atoms with van der Waals surface area (Å²) in [6.07, 6.45) is 20.6. The molecule has 47 heavy (non-hydrogen) atoms. The van der Waals surface area contributed by atoms with Gasteiger partial charge in [0.25, 0.3) is 0 Å². The lowest BCUT2D eigenvalue weighted by molar-refractivity contribution is -0.172. The number of nitrogens with one attached hydrogen (secondary N) is 1. The molecule has 8 atom stereocenters. The van der Waals surface area contributed by atoms with Crippen LogP contribution in [0.15, 0.2) is 43.0 Å². The Morgan fingerprint density at radius 1 is 0.894 bits per heavy atom. The molecule has 6 rings (SSSR count). The van der Waals surface area contributed by atoms with Gasteiger partial charge in [0.2, 0.25) is 0 Å². The second kappa shape index (κ2) is 14.5. The molecule has 0 bridgehead atoms. The summed E-state index contributed by atoms with van der Waals surface area (Å²) in [6, 6.07) is 7.67. The number of carbonyl (C=O) groups is 1. The second-order valence-electron chi connectivity index (χ2n) is 17.3. The Morgan fingerprint density at radius 3 is 2.21 bits per heavy atom. The number of fused-ring (bicyclic) bond motifs is 7. The van der Waals surface area contributed by atoms with Gasteiger partial charge in [-0.1, -0.05) is 72.2 Å². The predicted molar refractivity (Wildman–Crippen MR) is 199 cm³/mol. The maximum atomic E-state index is 11.5. The number of carboxylic acid groups (broad SMARTS) is 1. The summed E-state index contributed by atoms with van der Waals surface area (Å²) in [6.45, 7) is 25.1. The summed E-state index contributed by atoms with van der Waals surface area (Å²) in [5.74, 6) is 3.26. The lowest BCUT2D eigenvalue weighted by Gasteiger charge is -2.68. The minimum absolute atomic E-state index is 0.0798. The highest BCUT2D eigenvalue weighted by Gasteiger charge is 2.65. The number of hydrogen-bond acceptors (Lipinski definition) is 3. The molecule has 0 heterocycles. The molecule has 5 aliphatic carbocycles. The van der Waals surface area contributed by atoms with Gasteiger partial charge >= 0.3 is 5.97 Å². The number of hydrogen-bond donors (Lipinski definition) is 2. The first-order valence-corrected chi connectivity index (χ1v) is 19.5. The largest absolute Gasteiger partial charge is 0.478 e. The van der Waals surface area contributed by atoms with Crippen molar-refractivity contribution in [2.75, 3.05) is 26.2 Å². The van der Waals surface area contributed by atoms with Gasteiger partial charge in [0.1, 0.15) is 0 Å². The van der Waals surface area contributed by atoms with Crippen LogP contribution < -0.4 is 5.32 Å². The summed E-state index contributed by atoms with van der Waals surface area (Å²) in [5.41, 5.74) is 4.28. The fourth-order valence-electron chi connectivity index (χ4n) is 12.8. The molecule has 0 radical (unpaired) electrons. The number of rotatable bonds is 10. The van der Waals surface area contributed by atoms with E-state index in [1.807, 2.05) is 19.1 Å². The van der Waals surface area contributed by atoms with Gasteiger partial charge in [-0.05, 0) is 160 Å². The zero-order chi connectivity index (χ0) is 34.0. The molecule has 0 spiro atoms. The summed E-state index contributed by atoms with van der Waals surface area (Å²) in [4.78, 5) is 14.2. The fraction of sp³-hybridized carbons (Fsp3) is 0.744. The van der Waals surface area contributed by atoms with Crippen molar-refractivity contribution in [2.45, 2.75) is 131 Å². The average Bonchev–Trinajstić information content (AvgIpc) is 3.46. The normalized spacial score (nSPS) is 36.9. The van der Waals surface area contributed by atoms with E-state index in [2.05, 4.69) is 64.4 Å². The fourth-order valence-corrected chi connectivity index (χ4v) is 12.8. The van der Waals surface area contributed by atoms with Gasteiger partial charge in [0, 0.05) is 18.6 Å². The molecule has 5 aliphatic rings. The summed E-state index contributed by atoms with van der Waals surface area (Å²) >= 11 is 0. The van der Waals surface area contributed by atoms with Crippen molar-refractivity contribution < 1.29 is 9.90 Å². The van der Waals surface area contributed by atoms with Crippen LogP contribution in [-0.2, 0) is 0 Å². The van der Waals surface area contributed by atoms with Gasteiger partial charge in [-0.2, -0.15) is 0 Å². The number of nitrogens with zero attached hydrogens (tertiary/aromatic N) is 1. The zero-order valence-electron chi connectivity index (χ0n) is 31.2. The Morgan fingerprint density at radius 2 is 1.57 bits per heavy atom. The van der Waals surface area contributed by atoms with Gasteiger partial charge in [0.05, 0.1) is 5.56 Å². The van der Waals surface area contributed by atoms with Crippen molar-refractivity contribution in [3.05, 3.63) is 54.1 Å². The van der Waals surface area contributed by atoms with E-state index in [9.17, 15) is 9.90 Å². The summed E-state index contributed by atoms with van der Waals surface area (Å²) in [5, 5.41) is 13.7. The van der Waals surface area contributed by atoms with E-state index >= 15 is 0 Å². The van der Waals surface area contributed by atoms with Crippen LogP contribution in [0, 0.1) is 45.8 Å². The average molecular weight is 645 g/mol. The van der Waals surface area contributed by atoms with Gasteiger partial charge in [-0.25, -0.2) is 4.79 Å². The lowest BCUT2D eigenvalue weighted by atomic mass is 9.37. The van der Waals surface area contributed by atoms with Gasteiger partial charge in [-0.3, -0.25) is 0 Å². The zero-order valence-corrected chi connectivity index (χ0v) is 31.2. The van der Waals surface area contributed by atoms with Crippen molar-refractivity contribution in [3.63, 3.8) is 0 Å². The number of aromatic carboxylic acids is 1. The Kier molecular flexibility index (Phi) is 11.2. The van der Waals surface area contributed by atoms with E-state index in [1.54, 1.807) is 18.2 Å². The van der Waals surface area contributed by atoms with E-state index in [0.29, 0.717) is 27.9 Å². The molecule has 0 aliphatic heterocycles. The van der Waals surface area contributed by atoms with Crippen LogP contribution in [-0.4, -0.2) is 47.7 Å². The third-order valence-electron chi connectivity index (χ3n) is 14.5. The molecule has 0 aromatic heterocycles. The maximum Gasteiger partial charge on any atom is 0.335 e. The Hall–Kier alpha value is -1.91. The van der Waals surface area contributed by atoms with Crippen LogP contribution in [0.4, 0.5) is 0 Å². The molecule has 4 saturated carbocycles. The van der Waals surface area contributed by atoms with E-state index in [1.165, 1.54) is 101 Å². The Bertz CT molecular complexity index is 1260. The Labute approximate surface area is 288 Å². The molecule has 4 nitrogen and oxygen atoms in total. The predicted octanol–water partition coefficient (Wildman–Crippen LogP) is 10.5. The van der Waals surface area contributed by atoms with E-state index in [0.717, 1.165) is 36.6 Å². The maximum absolute atomic E-state index is 11.5. The highest BCUT2D eigenvalue weighted by atomic mass is 16.4. The Balaban J connectivity index is 0.00000139. The topological polar surface area (TPSA) is 52.6 Å². The standard InChI is InChI=1S/C40H62N2O2.C3H6/c1-7-25-42(26-8-2)27-24-41-40-20-9-10-33(40)30-15-16-35-38(5,32(30)18-23-40)22-19-34-37(3,4)31(17-21-39(34,35)6)28-11-13-29(14-12-28)36(43)44;1-3-2/h11-14,17,30,32-35,41H,7-10,15-16,18-27H2,1-6H3,(H,43,44);3H,1H2,2H3. The molecule has 4 heteroatoms. The van der Waals surface area contributed by atoms with Crippen LogP contribution in [0.1, 0.15) is 141 Å². The van der Waals surface area contributed by atoms with Crippen molar-refractivity contribution in [3.8, 4) is 0 Å². The quantitative estimate of drug-likeness (QED) is 0.249. The molecule has 4 fully saturated rings. The van der Waals surface area contributed by atoms with Crippen LogP contribution in [0.25, 0.3) is 5.57 Å². The minimum atomic E-state index is -0.845. The van der Waals surface area contributed by atoms with Gasteiger partial charge in [-0.15, -0.1) is 6.58 Å². The number of allylic oxidation sites excluding steroid dienone is 3. The van der Waals surface area contributed by atoms with Crippen LogP contribution in [0.2, 0.25) is 0 Å². The molecule has 0 amide bonds. The van der Waals surface area contributed by atoms with Crippen molar-refractivity contribution in [1.29, 1.82) is 0 Å². The SMILES string of the molecule is C=CC.CCCN(CCC)CCNC12CCCC1C1CCC3C(C)(CCC4C(C)(C)C(c5ccc(C(=O)O)cc5)=CCC43C)C1CC2. The van der Waals surface area contributed by atoms with E-state index in [4.69, 9.17) is 0 Å². The lowest BCUT2D eigenvalue weighted by Crippen LogP contribution is -2.63. The molecule has 0 saturated heterocycles. The smallest absolute Gasteiger partial charge is 0.335 e. The highest BCUT2D eigenvalue weighted by Crippen LogP contribution is 2.72. The van der Waals surface area contributed by atoms with E-state index < -0.39 is 5.97 Å². The highest BCUT2D eigenvalue weighted by molar-refractivity contribution is 5.88. The summed E-state index contributed by atoms with van der Waals surface area (Å²) < 4.78 is 0. The monoisotopic (exact) mass is 645 g/mol. The molecule has 262 valence electrons. The number of benzene rings is 1. The van der Waals surface area contributed by atoms with Gasteiger partial charge in [0.15, 0.2) is 0 Å². The molecule has 1 aromatic rings. The first kappa shape index (κ1) is 36.4. The third-order valence-corrected chi connectivity index (χ3v) is 14.5. The molecule has 8 unspecified atom stereocenters. The van der Waals surface area contributed by atoms with E-state index in [-0.39, 0.29) is 5.41 Å². The summed E-state index contributed by atoms with van der Waals surface area (Å²) in [7, 11) is 0. The molecule has 2 N–H and O–H groups in total. The molecular formula is C43H68N2O2. The second-order valence-corrected chi connectivity index (χ2v) is 17.3. The minimum Gasteiger partial charge on any atom is -0.478 e. The van der Waals surface area contributed by atoms with Crippen LogP contribution in [0.5, 0.6) is 0 Å². The molecule has 1 aromatic carbocycles. The first-order chi connectivity index (χ1) is 22.4. The number of carboxylic acids is 1. The van der Waals surface area contributed by atoms with Crippen molar-refractivity contribution in [2.24, 2.45) is 45.8 Å².